The molecule has 1 aromatic carbocycles. The molecule has 0 spiro atoms. The normalized spacial score (nSPS) is 11.2. The van der Waals surface area contributed by atoms with Gasteiger partial charge in [-0.2, -0.15) is 6.07 Å². The predicted octanol–water partition coefficient (Wildman–Crippen LogP) is 6.38. The van der Waals surface area contributed by atoms with E-state index in [0.29, 0.717) is 5.69 Å². The molecule has 0 aliphatic carbocycles. The average Bonchev–Trinajstić information content (AvgIpc) is 3.14. The molecule has 0 saturated carbocycles. The van der Waals surface area contributed by atoms with Crippen LogP contribution in [0.2, 0.25) is 0 Å². The van der Waals surface area contributed by atoms with Gasteiger partial charge in [0.25, 0.3) is 0 Å². The summed E-state index contributed by atoms with van der Waals surface area (Å²) in [5.41, 5.74) is 3.44. The van der Waals surface area contributed by atoms with Gasteiger partial charge in [-0.1, -0.05) is 48.2 Å². The van der Waals surface area contributed by atoms with Crippen LogP contribution in [0.15, 0.2) is 54.6 Å². The molecule has 0 bridgehead atoms. The van der Waals surface area contributed by atoms with Gasteiger partial charge in [-0.05, 0) is 37.4 Å². The molecule has 0 aliphatic rings. The predicted molar refractivity (Wildman–Crippen MR) is 112 cm³/mol. The first kappa shape index (κ1) is 22.5. The molecule has 2 nitrogen and oxygen atoms in total. The summed E-state index contributed by atoms with van der Waals surface area (Å²) in [6, 6.07) is 18.0. The minimum absolute atomic E-state index is 0. The summed E-state index contributed by atoms with van der Waals surface area (Å²) in [6.07, 6.45) is 0. The molecule has 4 aromatic rings. The van der Waals surface area contributed by atoms with Gasteiger partial charge in [-0.25, -0.2) is 0 Å². The van der Waals surface area contributed by atoms with Crippen LogP contribution in [0.3, 0.4) is 0 Å². The summed E-state index contributed by atoms with van der Waals surface area (Å²) >= 11 is 1.57. The summed E-state index contributed by atoms with van der Waals surface area (Å²) in [5.74, 6) is -1.35. The summed E-state index contributed by atoms with van der Waals surface area (Å²) in [7, 11) is 0. The molecule has 0 atom stereocenters. The SMILES string of the molecule is Cc1cc(-c2cccc(C(C)(C)c3cccc(-c4[c-]cc(F)cc4F)n3)n2)[c-]s1.[Pt+2]. The first-order valence-corrected chi connectivity index (χ1v) is 9.97. The van der Waals surface area contributed by atoms with Crippen molar-refractivity contribution in [1.29, 1.82) is 0 Å². The van der Waals surface area contributed by atoms with Gasteiger partial charge in [0, 0.05) is 28.4 Å². The number of nitrogens with zero attached hydrogens (tertiary/aromatic N) is 2. The monoisotopic (exact) mass is 599 g/mol. The van der Waals surface area contributed by atoms with Crippen LogP contribution in [0.4, 0.5) is 8.78 Å². The molecular formula is C24H18F2N2PtS. The molecule has 0 radical (unpaired) electrons. The molecule has 3 heterocycles. The number of aromatic nitrogens is 2. The molecule has 3 aromatic heterocycles. The smallest absolute Gasteiger partial charge is 0.300 e. The van der Waals surface area contributed by atoms with E-state index >= 15 is 0 Å². The fourth-order valence-corrected chi connectivity index (χ4v) is 3.76. The second-order valence-electron chi connectivity index (χ2n) is 7.35. The fourth-order valence-electron chi connectivity index (χ4n) is 3.15. The Bertz CT molecular complexity index is 1190. The van der Waals surface area contributed by atoms with Crippen molar-refractivity contribution in [2.24, 2.45) is 0 Å². The second-order valence-corrected chi connectivity index (χ2v) is 8.41. The van der Waals surface area contributed by atoms with E-state index in [9.17, 15) is 8.78 Å². The zero-order chi connectivity index (χ0) is 20.6. The molecule has 0 aliphatic heterocycles. The van der Waals surface area contributed by atoms with Gasteiger partial charge in [0.1, 0.15) is 0 Å². The van der Waals surface area contributed by atoms with E-state index in [1.54, 1.807) is 17.4 Å². The Balaban J connectivity index is 0.00000256. The maximum absolute atomic E-state index is 14.2. The molecule has 0 N–H and O–H groups in total. The van der Waals surface area contributed by atoms with Crippen molar-refractivity contribution in [3.8, 4) is 22.5 Å². The Morgan fingerprint density at radius 2 is 1.57 bits per heavy atom. The molecule has 0 unspecified atom stereocenters. The van der Waals surface area contributed by atoms with E-state index in [2.05, 4.69) is 22.5 Å². The Kier molecular flexibility index (Phi) is 6.64. The van der Waals surface area contributed by atoms with Crippen LogP contribution in [-0.4, -0.2) is 9.97 Å². The molecule has 0 fully saturated rings. The standard InChI is InChI=1S/C24H18F2N2S.Pt/c1-15-12-16(14-29-15)20-6-4-8-22(27-20)24(2,3)23-9-5-7-21(28-23)18-11-10-17(25)13-19(18)26;/h4-10,12-13H,1-3H3;/q-2;+2. The third-order valence-electron chi connectivity index (χ3n) is 4.84. The fraction of sp³-hybridized carbons (Fsp3) is 0.167. The largest absolute Gasteiger partial charge is 2.00 e. The van der Waals surface area contributed by atoms with E-state index in [0.717, 1.165) is 34.8 Å². The van der Waals surface area contributed by atoms with Crippen molar-refractivity contribution in [3.63, 3.8) is 0 Å². The molecule has 6 heteroatoms. The van der Waals surface area contributed by atoms with Crippen LogP contribution in [0.25, 0.3) is 22.5 Å². The van der Waals surface area contributed by atoms with Crippen LogP contribution in [-0.2, 0) is 26.5 Å². The van der Waals surface area contributed by atoms with Gasteiger partial charge in [0.15, 0.2) is 0 Å². The molecule has 30 heavy (non-hydrogen) atoms. The minimum Gasteiger partial charge on any atom is -0.300 e. The third-order valence-corrected chi connectivity index (χ3v) is 5.60. The van der Waals surface area contributed by atoms with Gasteiger partial charge < -0.3 is 9.97 Å². The van der Waals surface area contributed by atoms with Crippen LogP contribution in [0.5, 0.6) is 0 Å². The van der Waals surface area contributed by atoms with Crippen molar-refractivity contribution < 1.29 is 29.8 Å². The van der Waals surface area contributed by atoms with Crippen LogP contribution >= 0.6 is 11.3 Å². The van der Waals surface area contributed by atoms with Gasteiger partial charge in [-0.3, -0.25) is 20.1 Å². The summed E-state index contributed by atoms with van der Waals surface area (Å²) in [6.45, 7) is 6.09. The number of hydrogen-bond donors (Lipinski definition) is 0. The molecule has 0 saturated heterocycles. The third kappa shape index (κ3) is 4.43. The number of benzene rings is 1. The van der Waals surface area contributed by atoms with Gasteiger partial charge in [0.2, 0.25) is 0 Å². The number of hydrogen-bond acceptors (Lipinski definition) is 3. The van der Waals surface area contributed by atoms with E-state index in [1.165, 1.54) is 4.88 Å². The maximum Gasteiger partial charge on any atom is 2.00 e. The van der Waals surface area contributed by atoms with Crippen molar-refractivity contribution in [2.45, 2.75) is 26.2 Å². The molecular weight excluding hydrogens is 581 g/mol. The number of aryl methyl sites for hydroxylation is 1. The quantitative estimate of drug-likeness (QED) is 0.255. The average molecular weight is 600 g/mol. The van der Waals surface area contributed by atoms with Gasteiger partial charge in [-0.15, -0.1) is 22.6 Å². The topological polar surface area (TPSA) is 25.8 Å². The zero-order valence-corrected chi connectivity index (χ0v) is 19.7. The first-order valence-electron chi connectivity index (χ1n) is 9.15. The molecule has 154 valence electrons. The van der Waals surface area contributed by atoms with E-state index in [-0.39, 0.29) is 26.6 Å². The van der Waals surface area contributed by atoms with E-state index in [4.69, 9.17) is 4.98 Å². The Labute approximate surface area is 193 Å². The van der Waals surface area contributed by atoms with E-state index in [1.807, 2.05) is 51.1 Å². The number of rotatable bonds is 4. The van der Waals surface area contributed by atoms with Crippen molar-refractivity contribution in [1.82, 2.24) is 9.97 Å². The maximum atomic E-state index is 14.2. The van der Waals surface area contributed by atoms with Gasteiger partial charge >= 0.3 is 21.1 Å². The van der Waals surface area contributed by atoms with Crippen LogP contribution < -0.4 is 0 Å². The number of thiophene rings is 1. The van der Waals surface area contributed by atoms with Crippen LogP contribution in [0.1, 0.15) is 30.1 Å². The Hall–Kier alpha value is -2.23. The molecule has 0 amide bonds. The minimum atomic E-state index is -0.684. The first-order chi connectivity index (χ1) is 13.8. The van der Waals surface area contributed by atoms with Gasteiger partial charge in [0.05, 0.1) is 0 Å². The zero-order valence-electron chi connectivity index (χ0n) is 16.6. The Morgan fingerprint density at radius 1 is 0.933 bits per heavy atom. The van der Waals surface area contributed by atoms with Crippen molar-refractivity contribution in [3.05, 3.63) is 93.9 Å². The summed E-state index contributed by atoms with van der Waals surface area (Å²) in [4.78, 5) is 10.7. The Morgan fingerprint density at radius 3 is 2.17 bits per heavy atom. The van der Waals surface area contributed by atoms with Crippen LogP contribution in [0, 0.1) is 30.0 Å². The van der Waals surface area contributed by atoms with Crippen molar-refractivity contribution in [2.75, 3.05) is 0 Å². The summed E-state index contributed by atoms with van der Waals surface area (Å²) in [5, 5.41) is 3.27. The molecule has 4 rings (SSSR count). The number of pyridine rings is 2. The van der Waals surface area contributed by atoms with E-state index < -0.39 is 17.0 Å². The summed E-state index contributed by atoms with van der Waals surface area (Å²) < 4.78 is 27.4. The second kappa shape index (κ2) is 8.87. The van der Waals surface area contributed by atoms with Crippen molar-refractivity contribution >= 4 is 11.3 Å². The number of halogens is 2.